The van der Waals surface area contributed by atoms with Crippen LogP contribution in [0.25, 0.3) is 0 Å². The Balaban J connectivity index is 2.22. The van der Waals surface area contributed by atoms with Crippen molar-refractivity contribution in [1.82, 2.24) is 4.90 Å². The Morgan fingerprint density at radius 3 is 2.47 bits per heavy atom. The largest absolute Gasteiger partial charge is 0.349 e. The summed E-state index contributed by atoms with van der Waals surface area (Å²) in [5, 5.41) is 19.1. The van der Waals surface area contributed by atoms with Crippen LogP contribution in [-0.2, 0) is 0 Å². The molecule has 1 aromatic rings. The molecule has 2 rings (SSSR count). The van der Waals surface area contributed by atoms with Crippen LogP contribution in [0.3, 0.4) is 0 Å². The summed E-state index contributed by atoms with van der Waals surface area (Å²) in [4.78, 5) is 13.0. The van der Waals surface area contributed by atoms with E-state index < -0.39 is 5.91 Å². The Labute approximate surface area is 87.8 Å². The quantitative estimate of drug-likeness (QED) is 0.661. The zero-order chi connectivity index (χ0) is 10.9. The first-order valence-corrected chi connectivity index (χ1v) is 4.93. The van der Waals surface area contributed by atoms with Crippen LogP contribution in [0.2, 0.25) is 0 Å². The van der Waals surface area contributed by atoms with Gasteiger partial charge < -0.3 is 10.2 Å². The lowest BCUT2D eigenvalue weighted by molar-refractivity contribution is -0.226. The van der Waals surface area contributed by atoms with Gasteiger partial charge in [-0.25, -0.2) is 0 Å². The van der Waals surface area contributed by atoms with Gasteiger partial charge in [0.05, 0.1) is 0 Å². The average molecular weight is 207 g/mol. The number of hydrogen-bond acceptors (Lipinski definition) is 3. The van der Waals surface area contributed by atoms with E-state index in [2.05, 4.69) is 0 Å². The number of nitrogens with zero attached hydrogens (tertiary/aromatic N) is 1. The molecule has 1 heterocycles. The van der Waals surface area contributed by atoms with E-state index in [0.717, 1.165) is 4.90 Å². The fraction of sp³-hybridized carbons (Fsp3) is 0.364. The molecule has 1 aliphatic rings. The maximum Gasteiger partial charge on any atom is 0.257 e. The molecule has 0 radical (unpaired) electrons. The van der Waals surface area contributed by atoms with E-state index in [1.165, 1.54) is 0 Å². The number of aliphatic hydroxyl groups is 2. The van der Waals surface area contributed by atoms with Crippen LogP contribution in [0.5, 0.6) is 0 Å². The van der Waals surface area contributed by atoms with Crippen molar-refractivity contribution < 1.29 is 15.0 Å². The van der Waals surface area contributed by atoms with Gasteiger partial charge in [-0.1, -0.05) is 18.2 Å². The first-order chi connectivity index (χ1) is 7.11. The van der Waals surface area contributed by atoms with E-state index in [4.69, 9.17) is 0 Å². The predicted molar refractivity (Wildman–Crippen MR) is 53.9 cm³/mol. The fourth-order valence-electron chi connectivity index (χ4n) is 1.79. The highest BCUT2D eigenvalue weighted by Crippen LogP contribution is 2.25. The summed E-state index contributed by atoms with van der Waals surface area (Å²) in [6.07, 6.45) is 0.831. The van der Waals surface area contributed by atoms with Crippen LogP contribution in [0.4, 0.5) is 0 Å². The summed E-state index contributed by atoms with van der Waals surface area (Å²) in [7, 11) is 0. The van der Waals surface area contributed by atoms with E-state index in [1.807, 2.05) is 6.07 Å². The Bertz CT molecular complexity index is 361. The van der Waals surface area contributed by atoms with Crippen LogP contribution in [0.15, 0.2) is 30.3 Å². The molecule has 1 fully saturated rings. The van der Waals surface area contributed by atoms with Gasteiger partial charge in [0.25, 0.3) is 5.91 Å². The molecule has 1 saturated heterocycles. The van der Waals surface area contributed by atoms with Gasteiger partial charge in [0, 0.05) is 18.5 Å². The van der Waals surface area contributed by atoms with E-state index in [-0.39, 0.29) is 12.3 Å². The molecular weight excluding hydrogens is 194 g/mol. The van der Waals surface area contributed by atoms with Gasteiger partial charge in [-0.15, -0.1) is 0 Å². The Kier molecular flexibility index (Phi) is 2.46. The van der Waals surface area contributed by atoms with Gasteiger partial charge in [-0.05, 0) is 18.6 Å². The highest BCUT2D eigenvalue weighted by Gasteiger charge is 2.40. The van der Waals surface area contributed by atoms with Gasteiger partial charge in [0.15, 0.2) is 0 Å². The number of hydrogen-bond donors (Lipinski definition) is 2. The molecule has 0 aromatic heterocycles. The van der Waals surface area contributed by atoms with Crippen molar-refractivity contribution in [2.45, 2.75) is 18.8 Å². The van der Waals surface area contributed by atoms with Crippen LogP contribution in [-0.4, -0.2) is 33.5 Å². The van der Waals surface area contributed by atoms with Crippen LogP contribution in [0, 0.1) is 0 Å². The summed E-state index contributed by atoms with van der Waals surface area (Å²) in [5.41, 5.74) is 0.479. The lowest BCUT2D eigenvalue weighted by atomic mass is 10.2. The fourth-order valence-corrected chi connectivity index (χ4v) is 1.79. The molecule has 80 valence electrons. The third-order valence-corrected chi connectivity index (χ3v) is 2.59. The van der Waals surface area contributed by atoms with Gasteiger partial charge in [0.2, 0.25) is 5.91 Å². The highest BCUT2D eigenvalue weighted by atomic mass is 16.5. The molecular formula is C11H13NO3. The van der Waals surface area contributed by atoms with Gasteiger partial charge in [0.1, 0.15) is 0 Å². The highest BCUT2D eigenvalue weighted by molar-refractivity contribution is 5.94. The summed E-state index contributed by atoms with van der Waals surface area (Å²) in [6.45, 7) is 0.390. The second kappa shape index (κ2) is 3.64. The molecule has 0 atom stereocenters. The number of carbonyl (C=O) groups excluding carboxylic acids is 1. The minimum absolute atomic E-state index is 0.214. The van der Waals surface area contributed by atoms with E-state index in [9.17, 15) is 15.0 Å². The van der Waals surface area contributed by atoms with Crippen molar-refractivity contribution >= 4 is 5.91 Å². The summed E-state index contributed by atoms with van der Waals surface area (Å²) in [5.74, 6) is -2.31. The van der Waals surface area contributed by atoms with Crippen molar-refractivity contribution in [2.75, 3.05) is 6.54 Å². The SMILES string of the molecule is O=C(c1ccccc1)N1CCCC1(O)O. The molecule has 4 nitrogen and oxygen atoms in total. The molecule has 0 saturated carbocycles. The number of benzene rings is 1. The minimum Gasteiger partial charge on any atom is -0.349 e. The standard InChI is InChI=1S/C11H13NO3/c13-10(9-5-2-1-3-6-9)12-8-4-7-11(12,14)15/h1-3,5-6,14-15H,4,7-8H2. The molecule has 1 amide bonds. The Hall–Kier alpha value is -1.39. The van der Waals surface area contributed by atoms with Crippen LogP contribution >= 0.6 is 0 Å². The third-order valence-electron chi connectivity index (χ3n) is 2.59. The van der Waals surface area contributed by atoms with Crippen molar-refractivity contribution in [2.24, 2.45) is 0 Å². The molecule has 0 aliphatic carbocycles. The maximum absolute atomic E-state index is 11.9. The Morgan fingerprint density at radius 1 is 1.27 bits per heavy atom. The first kappa shape index (κ1) is 10.1. The molecule has 0 bridgehead atoms. The minimum atomic E-state index is -1.98. The lowest BCUT2D eigenvalue weighted by Crippen LogP contribution is -2.47. The topological polar surface area (TPSA) is 60.8 Å². The summed E-state index contributed by atoms with van der Waals surface area (Å²) >= 11 is 0. The van der Waals surface area contributed by atoms with Crippen molar-refractivity contribution in [1.29, 1.82) is 0 Å². The molecule has 4 heteroatoms. The van der Waals surface area contributed by atoms with Crippen LogP contribution < -0.4 is 0 Å². The van der Waals surface area contributed by atoms with E-state index in [0.29, 0.717) is 18.5 Å². The number of amides is 1. The zero-order valence-electron chi connectivity index (χ0n) is 8.26. The molecule has 1 aromatic carbocycles. The van der Waals surface area contributed by atoms with Crippen LogP contribution in [0.1, 0.15) is 23.2 Å². The van der Waals surface area contributed by atoms with E-state index in [1.54, 1.807) is 24.3 Å². The van der Waals surface area contributed by atoms with Crippen molar-refractivity contribution in [3.8, 4) is 0 Å². The predicted octanol–water partition coefficient (Wildman–Crippen LogP) is 0.561. The van der Waals surface area contributed by atoms with Gasteiger partial charge in [-0.2, -0.15) is 0 Å². The summed E-state index contributed by atoms with van der Waals surface area (Å²) < 4.78 is 0. The number of likely N-dealkylation sites (tertiary alicyclic amines) is 1. The Morgan fingerprint density at radius 2 is 1.93 bits per heavy atom. The molecule has 0 unspecified atom stereocenters. The second-order valence-corrected chi connectivity index (χ2v) is 3.70. The van der Waals surface area contributed by atoms with Crippen molar-refractivity contribution in [3.63, 3.8) is 0 Å². The lowest BCUT2D eigenvalue weighted by Gasteiger charge is -2.28. The van der Waals surface area contributed by atoms with E-state index >= 15 is 0 Å². The number of rotatable bonds is 1. The molecule has 2 N–H and O–H groups in total. The average Bonchev–Trinajstić information content (AvgIpc) is 2.58. The van der Waals surface area contributed by atoms with Gasteiger partial charge >= 0.3 is 0 Å². The second-order valence-electron chi connectivity index (χ2n) is 3.70. The first-order valence-electron chi connectivity index (χ1n) is 4.93. The molecule has 1 aliphatic heterocycles. The number of carbonyl (C=O) groups is 1. The molecule has 15 heavy (non-hydrogen) atoms. The summed E-state index contributed by atoms with van der Waals surface area (Å²) in [6, 6.07) is 8.64. The normalized spacial score (nSPS) is 19.2. The zero-order valence-corrected chi connectivity index (χ0v) is 8.26. The third kappa shape index (κ3) is 1.86. The van der Waals surface area contributed by atoms with Gasteiger partial charge in [-0.3, -0.25) is 9.69 Å². The maximum atomic E-state index is 11.9. The molecule has 0 spiro atoms. The smallest absolute Gasteiger partial charge is 0.257 e. The monoisotopic (exact) mass is 207 g/mol. The van der Waals surface area contributed by atoms with Crippen molar-refractivity contribution in [3.05, 3.63) is 35.9 Å².